The summed E-state index contributed by atoms with van der Waals surface area (Å²) in [5.41, 5.74) is 5.06. The van der Waals surface area contributed by atoms with Gasteiger partial charge in [-0.05, 0) is 43.2 Å². The molecule has 0 aliphatic carbocycles. The predicted molar refractivity (Wildman–Crippen MR) is 85.6 cm³/mol. The first kappa shape index (κ1) is 13.6. The summed E-state index contributed by atoms with van der Waals surface area (Å²) in [5.74, 6) is 1.16. The van der Waals surface area contributed by atoms with E-state index < -0.39 is 0 Å². The van der Waals surface area contributed by atoms with Crippen LogP contribution in [0.1, 0.15) is 17.0 Å². The Morgan fingerprint density at radius 2 is 2.00 bits per heavy atom. The zero-order chi connectivity index (χ0) is 14.3. The van der Waals surface area contributed by atoms with Crippen LogP contribution >= 0.6 is 27.5 Å². The minimum Gasteiger partial charge on any atom is -0.279 e. The summed E-state index contributed by atoms with van der Waals surface area (Å²) >= 11 is 9.59. The lowest BCUT2D eigenvalue weighted by molar-refractivity contribution is 0.959. The number of aromatic nitrogens is 3. The van der Waals surface area contributed by atoms with Crippen LogP contribution in [0.25, 0.3) is 16.9 Å². The van der Waals surface area contributed by atoms with Crippen molar-refractivity contribution in [2.45, 2.75) is 19.7 Å². The van der Waals surface area contributed by atoms with Gasteiger partial charge in [0.15, 0.2) is 5.65 Å². The van der Waals surface area contributed by atoms with E-state index in [0.29, 0.717) is 5.88 Å². The van der Waals surface area contributed by atoms with E-state index in [1.807, 2.05) is 23.6 Å². The monoisotopic (exact) mass is 349 g/mol. The maximum atomic E-state index is 6.08. The van der Waals surface area contributed by atoms with Crippen LogP contribution in [-0.2, 0) is 5.88 Å². The van der Waals surface area contributed by atoms with E-state index in [2.05, 4.69) is 45.0 Å². The fourth-order valence-electron chi connectivity index (χ4n) is 2.31. The maximum absolute atomic E-state index is 6.08. The van der Waals surface area contributed by atoms with E-state index in [1.165, 1.54) is 0 Å². The van der Waals surface area contributed by atoms with Gasteiger partial charge in [0.1, 0.15) is 11.3 Å². The van der Waals surface area contributed by atoms with Gasteiger partial charge in [-0.15, -0.1) is 11.6 Å². The van der Waals surface area contributed by atoms with Crippen molar-refractivity contribution in [3.05, 3.63) is 51.9 Å². The van der Waals surface area contributed by atoms with Crippen LogP contribution in [-0.4, -0.2) is 14.5 Å². The molecular formula is C15H13BrClN3. The highest BCUT2D eigenvalue weighted by molar-refractivity contribution is 9.10. The molecule has 0 aliphatic rings. The number of hydrogen-bond acceptors (Lipinski definition) is 2. The minimum absolute atomic E-state index is 0.349. The number of benzene rings is 1. The molecule has 0 unspecified atom stereocenters. The molecule has 0 saturated heterocycles. The Morgan fingerprint density at radius 1 is 1.20 bits per heavy atom. The Labute approximate surface area is 130 Å². The van der Waals surface area contributed by atoms with Gasteiger partial charge < -0.3 is 0 Å². The number of pyridine rings is 1. The van der Waals surface area contributed by atoms with Crippen LogP contribution in [0, 0.1) is 13.8 Å². The first-order chi connectivity index (χ1) is 9.61. The smallest absolute Gasteiger partial charge is 0.164 e. The van der Waals surface area contributed by atoms with Gasteiger partial charge in [-0.25, -0.2) is 9.97 Å². The molecule has 0 saturated carbocycles. The Hall–Kier alpha value is -1.39. The van der Waals surface area contributed by atoms with Crippen molar-refractivity contribution in [2.75, 3.05) is 0 Å². The number of imidazole rings is 1. The summed E-state index contributed by atoms with van der Waals surface area (Å²) in [6, 6.07) is 8.12. The lowest BCUT2D eigenvalue weighted by Crippen LogP contribution is -2.02. The summed E-state index contributed by atoms with van der Waals surface area (Å²) < 4.78 is 3.06. The molecule has 0 radical (unpaired) electrons. The largest absolute Gasteiger partial charge is 0.279 e. The number of rotatable bonds is 2. The summed E-state index contributed by atoms with van der Waals surface area (Å²) in [6.07, 6.45) is 1.81. The molecule has 3 aromatic rings. The molecule has 3 rings (SSSR count). The van der Waals surface area contributed by atoms with E-state index in [-0.39, 0.29) is 0 Å². The van der Waals surface area contributed by atoms with Crippen molar-refractivity contribution < 1.29 is 0 Å². The highest BCUT2D eigenvalue weighted by atomic mass is 79.9. The molecule has 2 aromatic heterocycles. The van der Waals surface area contributed by atoms with Crippen LogP contribution in [0.5, 0.6) is 0 Å². The quantitative estimate of drug-likeness (QED) is 0.635. The third-order valence-corrected chi connectivity index (χ3v) is 4.08. The van der Waals surface area contributed by atoms with E-state index in [9.17, 15) is 0 Å². The fraction of sp³-hybridized carbons (Fsp3) is 0.200. The third-order valence-electron chi connectivity index (χ3n) is 3.35. The maximum Gasteiger partial charge on any atom is 0.164 e. The van der Waals surface area contributed by atoms with Gasteiger partial charge in [-0.3, -0.25) is 4.57 Å². The highest BCUT2D eigenvalue weighted by Gasteiger charge is 2.15. The average Bonchev–Trinajstić information content (AvgIpc) is 2.81. The molecule has 0 amide bonds. The van der Waals surface area contributed by atoms with Crippen molar-refractivity contribution >= 4 is 38.7 Å². The van der Waals surface area contributed by atoms with Gasteiger partial charge >= 0.3 is 0 Å². The van der Waals surface area contributed by atoms with Crippen LogP contribution in [0.2, 0.25) is 0 Å². The molecule has 1 aromatic carbocycles. The summed E-state index contributed by atoms with van der Waals surface area (Å²) in [5, 5.41) is 0. The average molecular weight is 351 g/mol. The third kappa shape index (κ3) is 2.13. The number of fused-ring (bicyclic) bond motifs is 1. The molecule has 20 heavy (non-hydrogen) atoms. The molecule has 0 aliphatic heterocycles. The molecule has 0 atom stereocenters. The van der Waals surface area contributed by atoms with Gasteiger partial charge in [0.05, 0.1) is 11.6 Å². The van der Waals surface area contributed by atoms with Gasteiger partial charge in [0, 0.05) is 10.7 Å². The molecular weight excluding hydrogens is 338 g/mol. The first-order valence-electron chi connectivity index (χ1n) is 6.27. The molecule has 0 fully saturated rings. The van der Waals surface area contributed by atoms with Gasteiger partial charge in [-0.1, -0.05) is 22.0 Å². The summed E-state index contributed by atoms with van der Waals surface area (Å²) in [6.45, 7) is 4.11. The number of nitrogens with zero attached hydrogens (tertiary/aromatic N) is 3. The minimum atomic E-state index is 0.349. The lowest BCUT2D eigenvalue weighted by atomic mass is 10.2. The number of hydrogen-bond donors (Lipinski definition) is 0. The molecule has 5 heteroatoms. The van der Waals surface area contributed by atoms with Crippen molar-refractivity contribution in [3.63, 3.8) is 0 Å². The zero-order valence-electron chi connectivity index (χ0n) is 11.2. The first-order valence-corrected chi connectivity index (χ1v) is 7.60. The van der Waals surface area contributed by atoms with Gasteiger partial charge in [0.2, 0.25) is 0 Å². The predicted octanol–water partition coefficient (Wildman–Crippen LogP) is 4.54. The second-order valence-electron chi connectivity index (χ2n) is 4.73. The second kappa shape index (κ2) is 5.19. The summed E-state index contributed by atoms with van der Waals surface area (Å²) in [7, 11) is 0. The topological polar surface area (TPSA) is 30.7 Å². The van der Waals surface area contributed by atoms with Crippen LogP contribution in [0.3, 0.4) is 0 Å². The molecule has 0 N–H and O–H groups in total. The van der Waals surface area contributed by atoms with Crippen molar-refractivity contribution in [2.24, 2.45) is 0 Å². The molecule has 0 bridgehead atoms. The van der Waals surface area contributed by atoms with E-state index in [1.54, 1.807) is 6.20 Å². The highest BCUT2D eigenvalue weighted by Crippen LogP contribution is 2.27. The standard InChI is InChI=1S/C15H13BrClN3/c1-9-3-4-11(16)7-12(9)20-13(8-17)19-14-10(2)5-6-18-15(14)20/h3-7H,8H2,1-2H3. The Morgan fingerprint density at radius 3 is 2.75 bits per heavy atom. The van der Waals surface area contributed by atoms with Crippen LogP contribution in [0.4, 0.5) is 0 Å². The van der Waals surface area contributed by atoms with Crippen molar-refractivity contribution in [1.82, 2.24) is 14.5 Å². The Balaban J connectivity index is 2.40. The lowest BCUT2D eigenvalue weighted by Gasteiger charge is -2.11. The normalized spacial score (nSPS) is 11.2. The number of alkyl halides is 1. The molecule has 0 spiro atoms. The van der Waals surface area contributed by atoms with Crippen LogP contribution < -0.4 is 0 Å². The van der Waals surface area contributed by atoms with Crippen molar-refractivity contribution in [1.29, 1.82) is 0 Å². The van der Waals surface area contributed by atoms with Gasteiger partial charge in [0.25, 0.3) is 0 Å². The fourth-order valence-corrected chi connectivity index (χ4v) is 2.83. The van der Waals surface area contributed by atoms with Gasteiger partial charge in [-0.2, -0.15) is 0 Å². The van der Waals surface area contributed by atoms with E-state index in [0.717, 1.165) is 38.3 Å². The number of halogens is 2. The second-order valence-corrected chi connectivity index (χ2v) is 5.91. The van der Waals surface area contributed by atoms with Crippen molar-refractivity contribution in [3.8, 4) is 5.69 Å². The Kier molecular flexibility index (Phi) is 3.52. The molecule has 3 nitrogen and oxygen atoms in total. The molecule has 102 valence electrons. The van der Waals surface area contributed by atoms with E-state index in [4.69, 9.17) is 11.6 Å². The summed E-state index contributed by atoms with van der Waals surface area (Å²) in [4.78, 5) is 9.12. The molecule has 2 heterocycles. The Bertz CT molecular complexity index is 795. The SMILES string of the molecule is Cc1ccc(Br)cc1-n1c(CCl)nc2c(C)ccnc21. The van der Waals surface area contributed by atoms with E-state index >= 15 is 0 Å². The number of aryl methyl sites for hydroxylation is 2. The zero-order valence-corrected chi connectivity index (χ0v) is 13.5. The van der Waals surface area contributed by atoms with Crippen LogP contribution in [0.15, 0.2) is 34.9 Å².